The molecule has 142 valence electrons. The van der Waals surface area contributed by atoms with Gasteiger partial charge in [0.05, 0.1) is 21.1 Å². The molecule has 0 spiro atoms. The van der Waals surface area contributed by atoms with E-state index in [2.05, 4.69) is 5.32 Å². The topological polar surface area (TPSA) is 115 Å². The number of nitro benzene ring substituents is 1. The summed E-state index contributed by atoms with van der Waals surface area (Å²) < 4.78 is 0. The molecule has 0 fully saturated rings. The first kappa shape index (κ1) is 19.5. The zero-order chi connectivity index (χ0) is 20.4. The Labute approximate surface area is 168 Å². The Morgan fingerprint density at radius 1 is 1.18 bits per heavy atom. The highest BCUT2D eigenvalue weighted by Crippen LogP contribution is 2.40. The van der Waals surface area contributed by atoms with Crippen LogP contribution < -0.4 is 11.1 Å². The number of benzene rings is 2. The van der Waals surface area contributed by atoms with Crippen molar-refractivity contribution in [3.8, 4) is 11.1 Å². The number of anilines is 1. The summed E-state index contributed by atoms with van der Waals surface area (Å²) >= 11 is 7.22. The van der Waals surface area contributed by atoms with Crippen molar-refractivity contribution < 1.29 is 14.5 Å². The predicted molar refractivity (Wildman–Crippen MR) is 109 cm³/mol. The third kappa shape index (κ3) is 3.73. The molecule has 0 bridgehead atoms. The quantitative estimate of drug-likeness (QED) is 0.466. The molecule has 7 nitrogen and oxygen atoms in total. The van der Waals surface area contributed by atoms with Crippen LogP contribution in [0.3, 0.4) is 0 Å². The van der Waals surface area contributed by atoms with E-state index in [0.29, 0.717) is 5.56 Å². The third-order valence-electron chi connectivity index (χ3n) is 4.03. The summed E-state index contributed by atoms with van der Waals surface area (Å²) in [6, 6.07) is 12.8. The minimum absolute atomic E-state index is 0.0558. The highest BCUT2D eigenvalue weighted by Gasteiger charge is 2.24. The van der Waals surface area contributed by atoms with E-state index in [1.54, 1.807) is 0 Å². The molecule has 9 heteroatoms. The number of carbonyl (C=O) groups is 2. The molecule has 0 aliphatic carbocycles. The first-order valence-corrected chi connectivity index (χ1v) is 9.23. The van der Waals surface area contributed by atoms with Crippen LogP contribution in [0.25, 0.3) is 11.1 Å². The summed E-state index contributed by atoms with van der Waals surface area (Å²) in [5, 5.41) is 13.9. The van der Waals surface area contributed by atoms with Crippen molar-refractivity contribution in [1.82, 2.24) is 0 Å². The Morgan fingerprint density at radius 2 is 1.86 bits per heavy atom. The van der Waals surface area contributed by atoms with E-state index in [9.17, 15) is 19.7 Å². The van der Waals surface area contributed by atoms with Gasteiger partial charge in [0.1, 0.15) is 5.00 Å². The zero-order valence-electron chi connectivity index (χ0n) is 14.6. The SMILES string of the molecule is Cc1sc(NC(=O)c2cc([N+](=O)[O-])ccc2Cl)c(C(N)=O)c1-c1ccccc1. The second-order valence-corrected chi connectivity index (χ2v) is 7.47. The van der Waals surface area contributed by atoms with Gasteiger partial charge in [0.2, 0.25) is 0 Å². The van der Waals surface area contributed by atoms with Gasteiger partial charge in [0, 0.05) is 22.6 Å². The van der Waals surface area contributed by atoms with Crippen LogP contribution in [-0.4, -0.2) is 16.7 Å². The van der Waals surface area contributed by atoms with Gasteiger partial charge in [0.25, 0.3) is 17.5 Å². The van der Waals surface area contributed by atoms with Crippen molar-refractivity contribution in [2.24, 2.45) is 5.73 Å². The van der Waals surface area contributed by atoms with E-state index in [1.807, 2.05) is 37.3 Å². The van der Waals surface area contributed by atoms with Crippen LogP contribution in [0.2, 0.25) is 5.02 Å². The predicted octanol–water partition coefficient (Wildman–Crippen LogP) is 4.64. The van der Waals surface area contributed by atoms with Crippen LogP contribution >= 0.6 is 22.9 Å². The summed E-state index contributed by atoms with van der Waals surface area (Å²) in [6.45, 7) is 1.81. The molecule has 0 atom stereocenters. The number of nitro groups is 1. The number of halogens is 1. The molecule has 0 saturated carbocycles. The van der Waals surface area contributed by atoms with Crippen molar-refractivity contribution in [2.75, 3.05) is 5.32 Å². The number of carbonyl (C=O) groups excluding carboxylic acids is 2. The van der Waals surface area contributed by atoms with Crippen LogP contribution in [0, 0.1) is 17.0 Å². The van der Waals surface area contributed by atoms with Gasteiger partial charge in [-0.1, -0.05) is 41.9 Å². The van der Waals surface area contributed by atoms with Gasteiger partial charge in [-0.3, -0.25) is 19.7 Å². The molecule has 2 amide bonds. The van der Waals surface area contributed by atoms with Crippen molar-refractivity contribution in [1.29, 1.82) is 0 Å². The molecule has 3 aromatic rings. The fraction of sp³-hybridized carbons (Fsp3) is 0.0526. The molecule has 1 aromatic heterocycles. The Kier molecular flexibility index (Phi) is 5.43. The van der Waals surface area contributed by atoms with Crippen LogP contribution in [-0.2, 0) is 0 Å². The van der Waals surface area contributed by atoms with Gasteiger partial charge < -0.3 is 11.1 Å². The van der Waals surface area contributed by atoms with Gasteiger partial charge in [0.15, 0.2) is 0 Å². The van der Waals surface area contributed by atoms with Gasteiger partial charge in [-0.25, -0.2) is 0 Å². The van der Waals surface area contributed by atoms with Crippen molar-refractivity contribution >= 4 is 45.4 Å². The largest absolute Gasteiger partial charge is 0.365 e. The Hall–Kier alpha value is -3.23. The van der Waals surface area contributed by atoms with E-state index < -0.39 is 16.7 Å². The van der Waals surface area contributed by atoms with E-state index in [1.165, 1.54) is 23.5 Å². The van der Waals surface area contributed by atoms with Gasteiger partial charge in [-0.2, -0.15) is 0 Å². The lowest BCUT2D eigenvalue weighted by atomic mass is 10.0. The van der Waals surface area contributed by atoms with Gasteiger partial charge in [-0.05, 0) is 18.6 Å². The Bertz CT molecular complexity index is 1100. The van der Waals surface area contributed by atoms with Gasteiger partial charge in [-0.15, -0.1) is 11.3 Å². The molecule has 0 unspecified atom stereocenters. The van der Waals surface area contributed by atoms with Crippen LogP contribution in [0.5, 0.6) is 0 Å². The minimum atomic E-state index is -0.691. The number of amides is 2. The monoisotopic (exact) mass is 415 g/mol. The molecule has 3 rings (SSSR count). The smallest absolute Gasteiger partial charge is 0.270 e. The maximum absolute atomic E-state index is 12.7. The van der Waals surface area contributed by atoms with E-state index >= 15 is 0 Å². The lowest BCUT2D eigenvalue weighted by Gasteiger charge is -2.08. The van der Waals surface area contributed by atoms with Crippen molar-refractivity contribution in [2.45, 2.75) is 6.92 Å². The molecule has 28 heavy (non-hydrogen) atoms. The number of aryl methyl sites for hydroxylation is 1. The van der Waals surface area contributed by atoms with Crippen LogP contribution in [0.1, 0.15) is 25.6 Å². The molecule has 1 heterocycles. The molecule has 3 N–H and O–H groups in total. The highest BCUT2D eigenvalue weighted by molar-refractivity contribution is 7.17. The second-order valence-electron chi connectivity index (χ2n) is 5.84. The van der Waals surface area contributed by atoms with Crippen LogP contribution in [0.15, 0.2) is 48.5 Å². The standard InChI is InChI=1S/C19H14ClN3O4S/c1-10-15(11-5-3-2-4-6-11)16(17(21)24)19(28-10)22-18(25)13-9-12(23(26)27)7-8-14(13)20/h2-9H,1H3,(H2,21,24)(H,22,25). The van der Waals surface area contributed by atoms with Crippen molar-refractivity contribution in [3.63, 3.8) is 0 Å². The molecular formula is C19H14ClN3O4S. The summed E-state index contributed by atoms with van der Waals surface area (Å²) in [5.74, 6) is -1.36. The summed E-state index contributed by atoms with van der Waals surface area (Å²) in [4.78, 5) is 35.9. The third-order valence-corrected chi connectivity index (χ3v) is 5.38. The number of primary amides is 1. The summed E-state index contributed by atoms with van der Waals surface area (Å²) in [6.07, 6.45) is 0. The summed E-state index contributed by atoms with van der Waals surface area (Å²) in [7, 11) is 0. The lowest BCUT2D eigenvalue weighted by Crippen LogP contribution is -2.17. The minimum Gasteiger partial charge on any atom is -0.365 e. The second kappa shape index (κ2) is 7.79. The average Bonchev–Trinajstić information content (AvgIpc) is 2.98. The fourth-order valence-corrected chi connectivity index (χ4v) is 4.07. The zero-order valence-corrected chi connectivity index (χ0v) is 16.1. The van der Waals surface area contributed by atoms with Crippen molar-refractivity contribution in [3.05, 3.63) is 79.7 Å². The molecule has 0 aliphatic rings. The first-order valence-electron chi connectivity index (χ1n) is 8.03. The number of nitrogens with two attached hydrogens (primary N) is 1. The molecule has 2 aromatic carbocycles. The van der Waals surface area contributed by atoms with Gasteiger partial charge >= 0.3 is 0 Å². The maximum Gasteiger partial charge on any atom is 0.270 e. The Balaban J connectivity index is 2.04. The number of thiophene rings is 1. The molecule has 0 aliphatic heterocycles. The molecular weight excluding hydrogens is 402 g/mol. The normalized spacial score (nSPS) is 10.5. The number of hydrogen-bond donors (Lipinski definition) is 2. The van der Waals surface area contributed by atoms with E-state index in [-0.39, 0.29) is 26.8 Å². The van der Waals surface area contributed by atoms with Crippen LogP contribution in [0.4, 0.5) is 10.7 Å². The first-order chi connectivity index (χ1) is 13.3. The van der Waals surface area contributed by atoms with E-state index in [0.717, 1.165) is 16.5 Å². The Morgan fingerprint density at radius 3 is 2.46 bits per heavy atom. The molecule has 0 radical (unpaired) electrons. The molecule has 0 saturated heterocycles. The number of nitrogens with one attached hydrogen (secondary N) is 1. The number of hydrogen-bond acceptors (Lipinski definition) is 5. The lowest BCUT2D eigenvalue weighted by molar-refractivity contribution is -0.384. The number of non-ortho nitro benzene ring substituents is 1. The fourth-order valence-electron chi connectivity index (χ4n) is 2.79. The number of rotatable bonds is 5. The van der Waals surface area contributed by atoms with E-state index in [4.69, 9.17) is 17.3 Å². The maximum atomic E-state index is 12.7. The average molecular weight is 416 g/mol. The summed E-state index contributed by atoms with van der Waals surface area (Å²) in [5.41, 5.74) is 6.85. The highest BCUT2D eigenvalue weighted by atomic mass is 35.5. The number of nitrogens with zero attached hydrogens (tertiary/aromatic N) is 1.